The minimum Gasteiger partial charge on any atom is -0.367 e. The van der Waals surface area contributed by atoms with Crippen LogP contribution in [0.15, 0.2) is 54.6 Å². The molecule has 20 heavy (non-hydrogen) atoms. The zero-order valence-corrected chi connectivity index (χ0v) is 11.3. The molecule has 0 aliphatic carbocycles. The van der Waals surface area contributed by atoms with Gasteiger partial charge in [0.15, 0.2) is 0 Å². The number of benzene rings is 2. The molecule has 0 aliphatic heterocycles. The minimum absolute atomic E-state index is 0.00846. The maximum atomic E-state index is 9.06. The topological polar surface area (TPSA) is 50.8 Å². The largest absolute Gasteiger partial charge is 0.367 e. The Kier molecular flexibility index (Phi) is 4.37. The van der Waals surface area contributed by atoms with E-state index in [1.54, 1.807) is 12.1 Å². The van der Waals surface area contributed by atoms with Crippen molar-refractivity contribution in [3.05, 3.63) is 65.7 Å². The summed E-state index contributed by atoms with van der Waals surface area (Å²) in [6.45, 7) is 0. The van der Waals surface area contributed by atoms with Crippen LogP contribution >= 0.6 is 0 Å². The van der Waals surface area contributed by atoms with E-state index in [0.717, 1.165) is 11.3 Å². The van der Waals surface area contributed by atoms with Crippen LogP contribution in [0.1, 0.15) is 23.6 Å². The Balaban J connectivity index is 2.29. The van der Waals surface area contributed by atoms with E-state index in [-0.39, 0.29) is 6.04 Å². The van der Waals surface area contributed by atoms with Gasteiger partial charge in [-0.15, -0.1) is 0 Å². The fourth-order valence-corrected chi connectivity index (χ4v) is 2.19. The highest BCUT2D eigenvalue weighted by molar-refractivity contribution is 5.51. The van der Waals surface area contributed by atoms with Crippen molar-refractivity contribution in [2.24, 2.45) is 0 Å². The molecule has 0 amide bonds. The molecule has 0 heterocycles. The number of anilines is 1. The Morgan fingerprint density at radius 1 is 1.00 bits per heavy atom. The Labute approximate surface area is 119 Å². The molecule has 3 nitrogen and oxygen atoms in total. The lowest BCUT2D eigenvalue weighted by Gasteiger charge is -2.29. The van der Waals surface area contributed by atoms with E-state index >= 15 is 0 Å². The number of rotatable bonds is 4. The van der Waals surface area contributed by atoms with E-state index in [9.17, 15) is 0 Å². The first-order chi connectivity index (χ1) is 9.76. The molecule has 0 radical (unpaired) electrons. The van der Waals surface area contributed by atoms with Crippen molar-refractivity contribution in [3.63, 3.8) is 0 Å². The number of hydrogen-bond donors (Lipinski definition) is 0. The summed E-state index contributed by atoms with van der Waals surface area (Å²) in [5.41, 5.74) is 2.74. The van der Waals surface area contributed by atoms with Crippen LogP contribution in [-0.4, -0.2) is 7.05 Å². The molecule has 1 unspecified atom stereocenters. The van der Waals surface area contributed by atoms with Crippen LogP contribution in [0.2, 0.25) is 0 Å². The summed E-state index contributed by atoms with van der Waals surface area (Å²) in [4.78, 5) is 2.07. The van der Waals surface area contributed by atoms with Crippen molar-refractivity contribution in [3.8, 4) is 12.1 Å². The third-order valence-electron chi connectivity index (χ3n) is 3.34. The third kappa shape index (κ3) is 2.96. The van der Waals surface area contributed by atoms with Gasteiger partial charge in [0.1, 0.15) is 0 Å². The first kappa shape index (κ1) is 13.6. The smallest absolute Gasteiger partial charge is 0.0991 e. The van der Waals surface area contributed by atoms with E-state index in [4.69, 9.17) is 10.5 Å². The molecule has 2 aromatic carbocycles. The van der Waals surface area contributed by atoms with E-state index in [2.05, 4.69) is 17.0 Å². The molecule has 0 N–H and O–H groups in total. The summed E-state index contributed by atoms with van der Waals surface area (Å²) in [6, 6.07) is 21.7. The molecule has 0 saturated carbocycles. The molecule has 0 aliphatic rings. The molecule has 0 spiro atoms. The van der Waals surface area contributed by atoms with Gasteiger partial charge in [-0.25, -0.2) is 0 Å². The lowest BCUT2D eigenvalue weighted by molar-refractivity contribution is 0.687. The molecule has 2 aromatic rings. The highest BCUT2D eigenvalue weighted by Gasteiger charge is 2.17. The standard InChI is InChI=1S/C17H15N3/c1-20(16-9-7-14(13-19)8-10-16)17(11-12-18)15-5-3-2-4-6-15/h2-10,17H,11H2,1H3. The predicted molar refractivity (Wildman–Crippen MR) is 79.0 cm³/mol. The second-order valence-electron chi connectivity index (χ2n) is 4.56. The second kappa shape index (κ2) is 6.41. The normalized spacial score (nSPS) is 11.2. The van der Waals surface area contributed by atoms with Gasteiger partial charge in [-0.3, -0.25) is 0 Å². The van der Waals surface area contributed by atoms with Crippen molar-refractivity contribution in [1.29, 1.82) is 10.5 Å². The summed E-state index contributed by atoms with van der Waals surface area (Å²) in [5.74, 6) is 0. The van der Waals surface area contributed by atoms with E-state index in [1.807, 2.05) is 49.5 Å². The molecular weight excluding hydrogens is 246 g/mol. The van der Waals surface area contributed by atoms with Crippen molar-refractivity contribution in [2.75, 3.05) is 11.9 Å². The Bertz CT molecular complexity index is 633. The van der Waals surface area contributed by atoms with Crippen LogP contribution in [0.3, 0.4) is 0 Å². The molecule has 2 rings (SSSR count). The fourth-order valence-electron chi connectivity index (χ4n) is 2.19. The van der Waals surface area contributed by atoms with Crippen LogP contribution in [0, 0.1) is 22.7 Å². The molecule has 0 bridgehead atoms. The molecular formula is C17H15N3. The number of nitrogens with zero attached hydrogens (tertiary/aromatic N) is 3. The summed E-state index contributed by atoms with van der Waals surface area (Å²) in [7, 11) is 1.97. The van der Waals surface area contributed by atoms with Gasteiger partial charge >= 0.3 is 0 Å². The van der Waals surface area contributed by atoms with Crippen molar-refractivity contribution in [1.82, 2.24) is 0 Å². The van der Waals surface area contributed by atoms with Crippen molar-refractivity contribution in [2.45, 2.75) is 12.5 Å². The predicted octanol–water partition coefficient (Wildman–Crippen LogP) is 3.65. The molecule has 0 saturated heterocycles. The summed E-state index contributed by atoms with van der Waals surface area (Å²) in [6.07, 6.45) is 0.417. The first-order valence-corrected chi connectivity index (χ1v) is 6.41. The first-order valence-electron chi connectivity index (χ1n) is 6.41. The maximum absolute atomic E-state index is 9.06. The average Bonchev–Trinajstić information content (AvgIpc) is 2.53. The van der Waals surface area contributed by atoms with Gasteiger partial charge in [0.25, 0.3) is 0 Å². The van der Waals surface area contributed by atoms with Crippen LogP contribution in [0.4, 0.5) is 5.69 Å². The lowest BCUT2D eigenvalue weighted by Crippen LogP contribution is -2.23. The lowest BCUT2D eigenvalue weighted by atomic mass is 10.0. The number of hydrogen-bond acceptors (Lipinski definition) is 3. The van der Waals surface area contributed by atoms with Gasteiger partial charge in [-0.1, -0.05) is 30.3 Å². The van der Waals surface area contributed by atoms with Gasteiger partial charge < -0.3 is 4.90 Å². The Morgan fingerprint density at radius 3 is 2.20 bits per heavy atom. The SMILES string of the molecule is CN(c1ccc(C#N)cc1)C(CC#N)c1ccccc1. The van der Waals surface area contributed by atoms with Crippen molar-refractivity contribution >= 4 is 5.69 Å². The molecule has 0 aromatic heterocycles. The molecule has 98 valence electrons. The van der Waals surface area contributed by atoms with Gasteiger partial charge in [-0.05, 0) is 29.8 Å². The Hall–Kier alpha value is -2.78. The average molecular weight is 261 g/mol. The third-order valence-corrected chi connectivity index (χ3v) is 3.34. The maximum Gasteiger partial charge on any atom is 0.0991 e. The highest BCUT2D eigenvalue weighted by Crippen LogP contribution is 2.28. The second-order valence-corrected chi connectivity index (χ2v) is 4.56. The number of nitriles is 2. The van der Waals surface area contributed by atoms with Crippen molar-refractivity contribution < 1.29 is 0 Å². The Morgan fingerprint density at radius 2 is 1.65 bits per heavy atom. The van der Waals surface area contributed by atoms with Gasteiger partial charge in [0, 0.05) is 12.7 Å². The van der Waals surface area contributed by atoms with Crippen LogP contribution < -0.4 is 4.90 Å². The van der Waals surface area contributed by atoms with E-state index < -0.39 is 0 Å². The minimum atomic E-state index is 0.00846. The fraction of sp³-hybridized carbons (Fsp3) is 0.176. The van der Waals surface area contributed by atoms with Crippen LogP contribution in [0.25, 0.3) is 0 Å². The molecule has 1 atom stereocenters. The monoisotopic (exact) mass is 261 g/mol. The highest BCUT2D eigenvalue weighted by atomic mass is 15.1. The molecule has 0 fully saturated rings. The molecule has 3 heteroatoms. The van der Waals surface area contributed by atoms with E-state index in [0.29, 0.717) is 12.0 Å². The van der Waals surface area contributed by atoms with Gasteiger partial charge in [-0.2, -0.15) is 10.5 Å². The van der Waals surface area contributed by atoms with E-state index in [1.165, 1.54) is 0 Å². The van der Waals surface area contributed by atoms with Crippen LogP contribution in [-0.2, 0) is 0 Å². The summed E-state index contributed by atoms with van der Waals surface area (Å²) >= 11 is 0. The quantitative estimate of drug-likeness (QED) is 0.844. The van der Waals surface area contributed by atoms with Gasteiger partial charge in [0.2, 0.25) is 0 Å². The summed E-state index contributed by atoms with van der Waals surface area (Å²) < 4.78 is 0. The zero-order chi connectivity index (χ0) is 14.4. The van der Waals surface area contributed by atoms with Crippen LogP contribution in [0.5, 0.6) is 0 Å². The summed E-state index contributed by atoms with van der Waals surface area (Å²) in [5, 5.41) is 17.9. The zero-order valence-electron chi connectivity index (χ0n) is 11.3. The van der Waals surface area contributed by atoms with Gasteiger partial charge in [0.05, 0.1) is 30.2 Å².